The standard InChI is InChI=1S/C9H6Cl2N2O2/c10-6-3-1-2-5(8(6)11)4-7-12-9(14)15-13-7/h1-3H,4H2,(H,12,13,14). The number of nitrogens with zero attached hydrogens (tertiary/aromatic N) is 1. The van der Waals surface area contributed by atoms with E-state index in [1.54, 1.807) is 18.2 Å². The van der Waals surface area contributed by atoms with Crippen molar-refractivity contribution in [3.8, 4) is 0 Å². The second-order valence-corrected chi connectivity index (χ2v) is 3.72. The first kappa shape index (κ1) is 10.3. The van der Waals surface area contributed by atoms with Gasteiger partial charge in [-0.1, -0.05) is 40.5 Å². The van der Waals surface area contributed by atoms with E-state index in [1.807, 2.05) is 0 Å². The van der Waals surface area contributed by atoms with Gasteiger partial charge in [0.2, 0.25) is 0 Å². The van der Waals surface area contributed by atoms with E-state index in [4.69, 9.17) is 23.2 Å². The second-order valence-electron chi connectivity index (χ2n) is 2.93. The molecule has 0 bridgehead atoms. The van der Waals surface area contributed by atoms with Crippen LogP contribution >= 0.6 is 23.2 Å². The minimum atomic E-state index is -0.580. The van der Waals surface area contributed by atoms with Gasteiger partial charge in [-0.15, -0.1) is 0 Å². The largest absolute Gasteiger partial charge is 0.438 e. The number of aromatic amines is 1. The van der Waals surface area contributed by atoms with Crippen LogP contribution in [0.5, 0.6) is 0 Å². The van der Waals surface area contributed by atoms with Crippen molar-refractivity contribution in [2.24, 2.45) is 0 Å². The molecule has 6 heteroatoms. The highest BCUT2D eigenvalue weighted by Gasteiger charge is 2.07. The zero-order chi connectivity index (χ0) is 10.8. The summed E-state index contributed by atoms with van der Waals surface area (Å²) >= 11 is 11.8. The smallest absolute Gasteiger partial charge is 0.296 e. The third-order valence-electron chi connectivity index (χ3n) is 1.87. The first-order chi connectivity index (χ1) is 7.16. The monoisotopic (exact) mass is 244 g/mol. The van der Waals surface area contributed by atoms with Crippen LogP contribution in [-0.4, -0.2) is 10.1 Å². The number of halogens is 2. The van der Waals surface area contributed by atoms with Gasteiger partial charge in [0.15, 0.2) is 5.82 Å². The summed E-state index contributed by atoms with van der Waals surface area (Å²) in [5.74, 6) is -0.160. The van der Waals surface area contributed by atoms with Crippen LogP contribution < -0.4 is 5.76 Å². The van der Waals surface area contributed by atoms with Crippen LogP contribution in [0.1, 0.15) is 11.4 Å². The van der Waals surface area contributed by atoms with Gasteiger partial charge in [-0.2, -0.15) is 0 Å². The molecule has 0 aliphatic rings. The third kappa shape index (κ3) is 2.22. The maximum absolute atomic E-state index is 10.7. The molecular formula is C9H6Cl2N2O2. The first-order valence-electron chi connectivity index (χ1n) is 4.14. The maximum atomic E-state index is 10.7. The molecule has 78 valence electrons. The van der Waals surface area contributed by atoms with Gasteiger partial charge in [0.25, 0.3) is 0 Å². The number of nitrogens with one attached hydrogen (secondary N) is 1. The molecule has 0 amide bonds. The third-order valence-corrected chi connectivity index (χ3v) is 2.73. The summed E-state index contributed by atoms with van der Waals surface area (Å²) in [4.78, 5) is 13.1. The summed E-state index contributed by atoms with van der Waals surface area (Å²) in [7, 11) is 0. The van der Waals surface area contributed by atoms with E-state index >= 15 is 0 Å². The van der Waals surface area contributed by atoms with Crippen molar-refractivity contribution in [1.82, 2.24) is 10.1 Å². The minimum absolute atomic E-state index is 0.380. The van der Waals surface area contributed by atoms with E-state index in [9.17, 15) is 4.79 Å². The number of hydrogen-bond acceptors (Lipinski definition) is 3. The van der Waals surface area contributed by atoms with Gasteiger partial charge >= 0.3 is 5.76 Å². The molecule has 0 radical (unpaired) electrons. The van der Waals surface area contributed by atoms with E-state index in [2.05, 4.69) is 14.7 Å². The lowest BCUT2D eigenvalue weighted by Crippen LogP contribution is -1.98. The average molecular weight is 245 g/mol. The Bertz CT molecular complexity index is 533. The topological polar surface area (TPSA) is 58.9 Å². The Labute approximate surface area is 94.8 Å². The van der Waals surface area contributed by atoms with E-state index < -0.39 is 5.76 Å². The molecule has 0 fully saturated rings. The molecule has 0 saturated heterocycles. The SMILES string of the molecule is O=c1[nH]c(Cc2cccc(Cl)c2Cl)no1. The van der Waals surface area contributed by atoms with Crippen molar-refractivity contribution in [3.63, 3.8) is 0 Å². The molecule has 0 aliphatic carbocycles. The Morgan fingerprint density at radius 1 is 1.40 bits per heavy atom. The van der Waals surface area contributed by atoms with Gasteiger partial charge in [-0.3, -0.25) is 9.51 Å². The van der Waals surface area contributed by atoms with E-state index in [0.29, 0.717) is 22.3 Å². The molecule has 1 N–H and O–H groups in total. The Hall–Kier alpha value is -1.26. The van der Waals surface area contributed by atoms with Crippen molar-refractivity contribution in [3.05, 3.63) is 50.2 Å². The molecule has 2 rings (SSSR count). The van der Waals surface area contributed by atoms with Crippen LogP contribution in [-0.2, 0) is 6.42 Å². The van der Waals surface area contributed by atoms with Gasteiger partial charge in [0, 0.05) is 6.42 Å². The lowest BCUT2D eigenvalue weighted by Gasteiger charge is -2.02. The molecule has 0 spiro atoms. The highest BCUT2D eigenvalue weighted by atomic mass is 35.5. The normalized spacial score (nSPS) is 10.5. The predicted molar refractivity (Wildman–Crippen MR) is 56.4 cm³/mol. The summed E-state index contributed by atoms with van der Waals surface area (Å²) in [6.45, 7) is 0. The van der Waals surface area contributed by atoms with Crippen LogP contribution in [0.2, 0.25) is 10.0 Å². The quantitative estimate of drug-likeness (QED) is 0.882. The second kappa shape index (κ2) is 4.08. The lowest BCUT2D eigenvalue weighted by atomic mass is 10.1. The number of rotatable bonds is 2. The molecule has 1 heterocycles. The summed E-state index contributed by atoms with van der Waals surface area (Å²) in [6.07, 6.45) is 0.380. The highest BCUT2D eigenvalue weighted by Crippen LogP contribution is 2.26. The van der Waals surface area contributed by atoms with Gasteiger partial charge < -0.3 is 0 Å². The fourth-order valence-corrected chi connectivity index (χ4v) is 1.59. The summed E-state index contributed by atoms with van der Waals surface area (Å²) < 4.78 is 4.37. The number of hydrogen-bond donors (Lipinski definition) is 1. The van der Waals surface area contributed by atoms with Gasteiger partial charge in [-0.25, -0.2) is 4.79 Å². The number of aromatic nitrogens is 2. The Morgan fingerprint density at radius 3 is 2.87 bits per heavy atom. The molecule has 0 saturated carbocycles. The van der Waals surface area contributed by atoms with Gasteiger partial charge in [0.1, 0.15) is 0 Å². The molecule has 1 aromatic carbocycles. The number of benzene rings is 1. The zero-order valence-corrected chi connectivity index (χ0v) is 8.97. The lowest BCUT2D eigenvalue weighted by molar-refractivity contribution is 0.382. The fraction of sp³-hybridized carbons (Fsp3) is 0.111. The highest BCUT2D eigenvalue weighted by molar-refractivity contribution is 6.42. The van der Waals surface area contributed by atoms with Crippen molar-refractivity contribution < 1.29 is 4.52 Å². The minimum Gasteiger partial charge on any atom is -0.296 e. The molecule has 15 heavy (non-hydrogen) atoms. The Balaban J connectivity index is 2.32. The van der Waals surface area contributed by atoms with Crippen molar-refractivity contribution in [2.45, 2.75) is 6.42 Å². The average Bonchev–Trinajstić information content (AvgIpc) is 2.59. The summed E-state index contributed by atoms with van der Waals surface area (Å²) in [5.41, 5.74) is 0.786. The van der Waals surface area contributed by atoms with Crippen molar-refractivity contribution in [1.29, 1.82) is 0 Å². The molecule has 4 nitrogen and oxygen atoms in total. The number of H-pyrrole nitrogens is 1. The van der Waals surface area contributed by atoms with Crippen LogP contribution in [0, 0.1) is 0 Å². The van der Waals surface area contributed by atoms with Crippen LogP contribution in [0.25, 0.3) is 0 Å². The molecular weight excluding hydrogens is 239 g/mol. The fourth-order valence-electron chi connectivity index (χ4n) is 1.20. The van der Waals surface area contributed by atoms with Crippen LogP contribution in [0.15, 0.2) is 27.5 Å². The maximum Gasteiger partial charge on any atom is 0.438 e. The van der Waals surface area contributed by atoms with Gasteiger partial charge in [0.05, 0.1) is 10.0 Å². The Kier molecular flexibility index (Phi) is 2.79. The molecule has 0 atom stereocenters. The van der Waals surface area contributed by atoms with Crippen molar-refractivity contribution >= 4 is 23.2 Å². The van der Waals surface area contributed by atoms with Crippen LogP contribution in [0.3, 0.4) is 0 Å². The molecule has 0 aliphatic heterocycles. The van der Waals surface area contributed by atoms with E-state index in [1.165, 1.54) is 0 Å². The molecule has 0 unspecified atom stereocenters. The summed E-state index contributed by atoms with van der Waals surface area (Å²) in [5, 5.41) is 4.47. The molecule has 1 aromatic heterocycles. The first-order valence-corrected chi connectivity index (χ1v) is 4.90. The summed E-state index contributed by atoms with van der Waals surface area (Å²) in [6, 6.07) is 5.28. The van der Waals surface area contributed by atoms with Crippen molar-refractivity contribution in [2.75, 3.05) is 0 Å². The predicted octanol–water partition coefficient (Wildman–Crippen LogP) is 2.26. The van der Waals surface area contributed by atoms with E-state index in [-0.39, 0.29) is 0 Å². The molecule has 2 aromatic rings. The zero-order valence-electron chi connectivity index (χ0n) is 7.46. The van der Waals surface area contributed by atoms with Crippen LogP contribution in [0.4, 0.5) is 0 Å². The van der Waals surface area contributed by atoms with E-state index in [0.717, 1.165) is 5.56 Å². The van der Waals surface area contributed by atoms with Gasteiger partial charge in [-0.05, 0) is 11.6 Å². The Morgan fingerprint density at radius 2 is 2.20 bits per heavy atom.